The van der Waals surface area contributed by atoms with Crippen molar-refractivity contribution < 1.29 is 9.53 Å². The van der Waals surface area contributed by atoms with Gasteiger partial charge in [0.05, 0.1) is 6.04 Å². The highest BCUT2D eigenvalue weighted by atomic mass is 16.5. The van der Waals surface area contributed by atoms with Crippen molar-refractivity contribution in [2.24, 2.45) is 33.9 Å². The summed E-state index contributed by atoms with van der Waals surface area (Å²) >= 11 is 0. The first kappa shape index (κ1) is 22.5. The summed E-state index contributed by atoms with van der Waals surface area (Å²) in [6, 6.07) is 17.8. The first-order valence-electron chi connectivity index (χ1n) is 12.2. The van der Waals surface area contributed by atoms with E-state index in [0.717, 1.165) is 49.2 Å². The first-order chi connectivity index (χ1) is 16.3. The van der Waals surface area contributed by atoms with Gasteiger partial charge in [-0.2, -0.15) is 5.26 Å². The average molecular weight is 457 g/mol. The van der Waals surface area contributed by atoms with E-state index in [9.17, 15) is 10.1 Å². The molecule has 3 N–H and O–H groups in total. The number of nitriles is 1. The highest BCUT2D eigenvalue weighted by Crippen LogP contribution is 2.60. The molecule has 0 aromatic heterocycles. The van der Waals surface area contributed by atoms with Crippen molar-refractivity contribution in [2.45, 2.75) is 57.4 Å². The van der Waals surface area contributed by atoms with E-state index >= 15 is 0 Å². The molecule has 4 saturated carbocycles. The number of nitrogens with zero attached hydrogens (tertiary/aromatic N) is 2. The molecule has 2 aromatic rings. The van der Waals surface area contributed by atoms with E-state index in [1.807, 2.05) is 54.6 Å². The Labute approximate surface area is 201 Å². The summed E-state index contributed by atoms with van der Waals surface area (Å²) in [6.07, 6.45) is 6.91. The maximum absolute atomic E-state index is 12.3. The van der Waals surface area contributed by atoms with Crippen LogP contribution < -0.4 is 15.8 Å². The minimum Gasteiger partial charge on any atom is -0.457 e. The molecule has 1 amide bonds. The third kappa shape index (κ3) is 3.94. The molecule has 6 rings (SSSR count). The fourth-order valence-electron chi connectivity index (χ4n) is 6.76. The topological polar surface area (TPSA) is 100 Å². The largest absolute Gasteiger partial charge is 0.457 e. The number of hydrogen-bond donors (Lipinski definition) is 2. The highest BCUT2D eigenvalue weighted by Gasteiger charge is 2.58. The number of hydrogen-bond acceptors (Lipinski definition) is 4. The van der Waals surface area contributed by atoms with E-state index in [-0.39, 0.29) is 17.4 Å². The molecule has 0 radical (unpaired) electrons. The van der Waals surface area contributed by atoms with Gasteiger partial charge in [-0.05, 0) is 93.5 Å². The molecule has 0 saturated heterocycles. The molecule has 6 heteroatoms. The van der Waals surface area contributed by atoms with Crippen LogP contribution in [0.1, 0.15) is 51.5 Å². The van der Waals surface area contributed by atoms with E-state index in [4.69, 9.17) is 15.5 Å². The molecule has 0 aliphatic heterocycles. The summed E-state index contributed by atoms with van der Waals surface area (Å²) in [7, 11) is 0. The number of para-hydroxylation sites is 1. The molecule has 176 valence electrons. The van der Waals surface area contributed by atoms with Gasteiger partial charge in [-0.1, -0.05) is 30.3 Å². The lowest BCUT2D eigenvalue weighted by atomic mass is 9.47. The average Bonchev–Trinajstić information content (AvgIpc) is 2.81. The van der Waals surface area contributed by atoms with Crippen LogP contribution in [0.3, 0.4) is 0 Å². The SMILES string of the molecule is CC(C)(C(=NC1C2CC3CC1CC(C(N)=O)(C3)C2)NC#N)c1ccc(Oc2ccccc2)cc1. The number of amidine groups is 1. The van der Waals surface area contributed by atoms with E-state index in [1.54, 1.807) is 0 Å². The smallest absolute Gasteiger partial charge is 0.223 e. The van der Waals surface area contributed by atoms with Crippen LogP contribution in [-0.4, -0.2) is 17.8 Å². The van der Waals surface area contributed by atoms with Crippen molar-refractivity contribution in [3.05, 3.63) is 60.2 Å². The van der Waals surface area contributed by atoms with Crippen LogP contribution in [0.2, 0.25) is 0 Å². The molecule has 0 heterocycles. The quantitative estimate of drug-likeness (QED) is 0.279. The fraction of sp³-hybridized carbons (Fsp3) is 0.464. The molecule has 4 bridgehead atoms. The number of nitrogens with one attached hydrogen (secondary N) is 1. The summed E-state index contributed by atoms with van der Waals surface area (Å²) in [5.74, 6) is 3.38. The van der Waals surface area contributed by atoms with Gasteiger partial charge in [-0.3, -0.25) is 15.1 Å². The van der Waals surface area contributed by atoms with Crippen molar-refractivity contribution in [1.29, 1.82) is 5.26 Å². The second-order valence-electron chi connectivity index (χ2n) is 10.9. The van der Waals surface area contributed by atoms with E-state index in [1.165, 1.54) is 0 Å². The second kappa shape index (κ2) is 8.47. The van der Waals surface area contributed by atoms with Crippen LogP contribution in [0, 0.1) is 34.6 Å². The first-order valence-corrected chi connectivity index (χ1v) is 12.2. The molecule has 4 aliphatic rings. The zero-order valence-corrected chi connectivity index (χ0v) is 19.8. The fourth-order valence-corrected chi connectivity index (χ4v) is 6.76. The predicted octanol–water partition coefficient (Wildman–Crippen LogP) is 4.91. The number of carbonyl (C=O) groups is 1. The van der Waals surface area contributed by atoms with Crippen molar-refractivity contribution in [2.75, 3.05) is 0 Å². The third-order valence-corrected chi connectivity index (χ3v) is 8.35. The van der Waals surface area contributed by atoms with Gasteiger partial charge in [0, 0.05) is 10.8 Å². The van der Waals surface area contributed by atoms with Gasteiger partial charge >= 0.3 is 0 Å². The minimum atomic E-state index is -0.489. The number of nitrogens with two attached hydrogens (primary N) is 1. The molecule has 34 heavy (non-hydrogen) atoms. The van der Waals surface area contributed by atoms with Crippen LogP contribution in [0.15, 0.2) is 59.6 Å². The molecule has 4 fully saturated rings. The third-order valence-electron chi connectivity index (χ3n) is 8.35. The molecular formula is C28H32N4O2. The summed E-state index contributed by atoms with van der Waals surface area (Å²) in [5, 5.41) is 12.4. The number of carbonyl (C=O) groups excluding carboxylic acids is 1. The predicted molar refractivity (Wildman–Crippen MR) is 131 cm³/mol. The van der Waals surface area contributed by atoms with Crippen molar-refractivity contribution in [3.8, 4) is 17.7 Å². The Morgan fingerprint density at radius 3 is 2.26 bits per heavy atom. The number of aliphatic imine (C=N–C) groups is 1. The zero-order chi connectivity index (χ0) is 23.9. The van der Waals surface area contributed by atoms with Gasteiger partial charge in [0.25, 0.3) is 0 Å². The lowest BCUT2D eigenvalue weighted by Gasteiger charge is -2.58. The second-order valence-corrected chi connectivity index (χ2v) is 10.9. The summed E-state index contributed by atoms with van der Waals surface area (Å²) in [4.78, 5) is 17.5. The molecule has 0 spiro atoms. The number of ether oxygens (including phenoxy) is 1. The summed E-state index contributed by atoms with van der Waals surface area (Å²) in [6.45, 7) is 4.18. The zero-order valence-electron chi connectivity index (χ0n) is 19.8. The maximum Gasteiger partial charge on any atom is 0.223 e. The Morgan fingerprint density at radius 1 is 1.06 bits per heavy atom. The maximum atomic E-state index is 12.3. The Balaban J connectivity index is 1.39. The molecule has 2 unspecified atom stereocenters. The van der Waals surface area contributed by atoms with Gasteiger partial charge < -0.3 is 10.5 Å². The lowest BCUT2D eigenvalue weighted by molar-refractivity contribution is -0.144. The van der Waals surface area contributed by atoms with Crippen LogP contribution in [0.4, 0.5) is 0 Å². The van der Waals surface area contributed by atoms with Gasteiger partial charge in [0.1, 0.15) is 17.3 Å². The summed E-state index contributed by atoms with van der Waals surface area (Å²) in [5.41, 5.74) is 6.07. The van der Waals surface area contributed by atoms with Gasteiger partial charge in [-0.15, -0.1) is 0 Å². The Kier molecular flexibility index (Phi) is 5.59. The standard InChI is InChI=1S/C28H32N4O2/c1-27(2,21-8-10-23(11-9-21)34-22-6-4-3-5-7-22)26(31-17-29)32-24-19-12-18-13-20(24)16-28(14-18,15-19)25(30)33/h3-11,18-20,24H,12-16H2,1-2H3,(H2,30,33)(H,31,32). The number of amides is 1. The molecule has 2 atom stereocenters. The van der Waals surface area contributed by atoms with Crippen LogP contribution in [-0.2, 0) is 10.2 Å². The van der Waals surface area contributed by atoms with E-state index in [2.05, 4.69) is 25.4 Å². The lowest BCUT2D eigenvalue weighted by Crippen LogP contribution is -2.57. The van der Waals surface area contributed by atoms with Crippen molar-refractivity contribution in [3.63, 3.8) is 0 Å². The number of rotatable bonds is 6. The Morgan fingerprint density at radius 2 is 1.68 bits per heavy atom. The van der Waals surface area contributed by atoms with Crippen LogP contribution >= 0.6 is 0 Å². The van der Waals surface area contributed by atoms with Gasteiger partial charge in [0.15, 0.2) is 6.19 Å². The molecule has 6 nitrogen and oxygen atoms in total. The number of benzene rings is 2. The highest BCUT2D eigenvalue weighted by molar-refractivity contribution is 5.93. The van der Waals surface area contributed by atoms with E-state index in [0.29, 0.717) is 23.6 Å². The minimum absolute atomic E-state index is 0.125. The molecular weight excluding hydrogens is 424 g/mol. The Bertz CT molecular complexity index is 1120. The monoisotopic (exact) mass is 456 g/mol. The Hall–Kier alpha value is -3.33. The van der Waals surface area contributed by atoms with Crippen molar-refractivity contribution >= 4 is 11.7 Å². The molecule has 2 aromatic carbocycles. The normalized spacial score (nSPS) is 30.0. The molecule has 4 aliphatic carbocycles. The van der Waals surface area contributed by atoms with E-state index < -0.39 is 5.41 Å². The number of primary amides is 1. The van der Waals surface area contributed by atoms with Crippen LogP contribution in [0.5, 0.6) is 11.5 Å². The van der Waals surface area contributed by atoms with Gasteiger partial charge in [0.2, 0.25) is 5.91 Å². The van der Waals surface area contributed by atoms with Gasteiger partial charge in [-0.25, -0.2) is 0 Å². The van der Waals surface area contributed by atoms with Crippen LogP contribution in [0.25, 0.3) is 0 Å². The van der Waals surface area contributed by atoms with Crippen molar-refractivity contribution in [1.82, 2.24) is 5.32 Å². The summed E-state index contributed by atoms with van der Waals surface area (Å²) < 4.78 is 5.93.